The Balaban J connectivity index is 1.42. The van der Waals surface area contributed by atoms with Gasteiger partial charge in [0.2, 0.25) is 0 Å². The highest BCUT2D eigenvalue weighted by Gasteiger charge is 2.15. The summed E-state index contributed by atoms with van der Waals surface area (Å²) in [6.45, 7) is 23.2. The molecule has 6 heteroatoms. The summed E-state index contributed by atoms with van der Waals surface area (Å²) < 4.78 is 0. The van der Waals surface area contributed by atoms with Crippen LogP contribution in [0.4, 0.5) is 0 Å². The highest BCUT2D eigenvalue weighted by Crippen LogP contribution is 2.32. The van der Waals surface area contributed by atoms with Crippen LogP contribution in [0.15, 0.2) is 86.0 Å². The maximum absolute atomic E-state index is 10.3. The SMILES string of the molecule is C=C(C#N)c1cc(C)c(/C(C#N)=C/c2cc(C)c(/C=C(\C#N)c3ccc(/C(C#N)=C/c4cc(C)c(/C=C(\C#N)c5cc(C)c(C(=C)C#N)cc5C)cc4C)cc3)cc2C)cc1C. The number of allylic oxidation sites excluding steroid dienone is 6. The van der Waals surface area contributed by atoms with Gasteiger partial charge in [-0.15, -0.1) is 0 Å². The molecule has 62 heavy (non-hydrogen) atoms. The first-order valence-electron chi connectivity index (χ1n) is 19.8. The summed E-state index contributed by atoms with van der Waals surface area (Å²) in [6, 6.07) is 36.7. The Hall–Kier alpha value is -8.52. The van der Waals surface area contributed by atoms with Crippen LogP contribution >= 0.6 is 0 Å². The second-order valence-corrected chi connectivity index (χ2v) is 15.5. The lowest BCUT2D eigenvalue weighted by Gasteiger charge is -2.13. The zero-order valence-corrected chi connectivity index (χ0v) is 36.3. The fourth-order valence-corrected chi connectivity index (χ4v) is 7.48. The minimum absolute atomic E-state index is 0.382. The Morgan fingerprint density at radius 3 is 0.839 bits per heavy atom. The Labute approximate surface area is 365 Å². The van der Waals surface area contributed by atoms with Gasteiger partial charge in [-0.1, -0.05) is 61.7 Å². The summed E-state index contributed by atoms with van der Waals surface area (Å²) in [4.78, 5) is 0. The first-order valence-corrected chi connectivity index (χ1v) is 19.8. The summed E-state index contributed by atoms with van der Waals surface area (Å²) in [5.41, 5.74) is 18.0. The molecular formula is C56H44N6. The molecule has 0 saturated heterocycles. The molecule has 5 rings (SSSR count). The number of benzene rings is 5. The fraction of sp³-hybridized carbons (Fsp3) is 0.143. The van der Waals surface area contributed by atoms with Crippen molar-refractivity contribution in [1.82, 2.24) is 0 Å². The van der Waals surface area contributed by atoms with E-state index in [1.54, 1.807) is 0 Å². The third-order valence-electron chi connectivity index (χ3n) is 11.1. The molecule has 0 aliphatic rings. The third-order valence-corrected chi connectivity index (χ3v) is 11.1. The van der Waals surface area contributed by atoms with Crippen LogP contribution in [0.3, 0.4) is 0 Å². The van der Waals surface area contributed by atoms with E-state index in [2.05, 4.69) is 49.6 Å². The lowest BCUT2D eigenvalue weighted by atomic mass is 9.90. The number of nitriles is 6. The van der Waals surface area contributed by atoms with Gasteiger partial charge in [-0.3, -0.25) is 0 Å². The van der Waals surface area contributed by atoms with Crippen molar-refractivity contribution in [3.05, 3.63) is 186 Å². The van der Waals surface area contributed by atoms with E-state index in [0.29, 0.717) is 44.6 Å². The van der Waals surface area contributed by atoms with Crippen LogP contribution in [0.25, 0.3) is 57.7 Å². The van der Waals surface area contributed by atoms with E-state index in [1.165, 1.54) is 0 Å². The molecule has 0 atom stereocenters. The van der Waals surface area contributed by atoms with E-state index < -0.39 is 0 Å². The molecule has 5 aromatic carbocycles. The van der Waals surface area contributed by atoms with Gasteiger partial charge in [0.05, 0.1) is 69.9 Å². The topological polar surface area (TPSA) is 143 Å². The van der Waals surface area contributed by atoms with E-state index in [0.717, 1.165) is 89.0 Å². The number of rotatable bonds is 10. The maximum atomic E-state index is 10.3. The molecule has 0 aliphatic heterocycles. The third kappa shape index (κ3) is 9.50. The predicted molar refractivity (Wildman–Crippen MR) is 253 cm³/mol. The molecule has 0 aliphatic carbocycles. The zero-order valence-electron chi connectivity index (χ0n) is 36.3. The lowest BCUT2D eigenvalue weighted by molar-refractivity contribution is 1.33. The highest BCUT2D eigenvalue weighted by molar-refractivity contribution is 5.96. The van der Waals surface area contributed by atoms with Crippen molar-refractivity contribution in [1.29, 1.82) is 31.6 Å². The largest absolute Gasteiger partial charge is 0.192 e. The van der Waals surface area contributed by atoms with Crippen LogP contribution in [0.1, 0.15) is 100 Å². The molecule has 5 aromatic rings. The number of hydrogen-bond acceptors (Lipinski definition) is 6. The summed E-state index contributed by atoms with van der Waals surface area (Å²) in [5.74, 6) is 0. The van der Waals surface area contributed by atoms with Crippen LogP contribution in [-0.4, -0.2) is 0 Å². The minimum Gasteiger partial charge on any atom is -0.192 e. The van der Waals surface area contributed by atoms with E-state index in [-0.39, 0.29) is 0 Å². The van der Waals surface area contributed by atoms with Crippen molar-refractivity contribution in [3.63, 3.8) is 0 Å². The number of nitrogens with zero attached hydrogens (tertiary/aromatic N) is 6. The normalized spacial score (nSPS) is 11.6. The Bertz CT molecular complexity index is 2910. The minimum atomic E-state index is 0.382. The molecule has 0 saturated carbocycles. The van der Waals surface area contributed by atoms with Gasteiger partial charge < -0.3 is 0 Å². The molecule has 0 spiro atoms. The van der Waals surface area contributed by atoms with Crippen molar-refractivity contribution in [2.75, 3.05) is 0 Å². The van der Waals surface area contributed by atoms with Gasteiger partial charge in [0, 0.05) is 0 Å². The average molecular weight is 801 g/mol. The van der Waals surface area contributed by atoms with Gasteiger partial charge in [0.15, 0.2) is 0 Å². The van der Waals surface area contributed by atoms with Crippen LogP contribution in [0.2, 0.25) is 0 Å². The summed E-state index contributed by atoms with van der Waals surface area (Å²) in [6.07, 6.45) is 7.46. The molecule has 0 aromatic heterocycles. The van der Waals surface area contributed by atoms with Gasteiger partial charge in [0.1, 0.15) is 0 Å². The first-order chi connectivity index (χ1) is 29.6. The van der Waals surface area contributed by atoms with Crippen LogP contribution in [0, 0.1) is 123 Å². The van der Waals surface area contributed by atoms with Gasteiger partial charge in [-0.25, -0.2) is 0 Å². The standard InChI is InChI=1S/C56H44N6/c1-33-17-47(25-51(31-61)55-21-37(5)53(19-39(55)7)41(9)27-57)35(3)15-45(33)23-49(29-59)43-11-13-44(14-12-43)50(30-60)24-46-16-36(4)48(18-34(46)2)26-52(32-62)56-22-38(6)54(20-40(56)8)42(10)28-58/h11-26H,9-10H2,1-8H3/b49-23+,50-24+,51-25+,52-26+. The lowest BCUT2D eigenvalue weighted by Crippen LogP contribution is -1.95. The van der Waals surface area contributed by atoms with Crippen molar-refractivity contribution in [3.8, 4) is 36.4 Å². The number of aryl methyl sites for hydroxylation is 8. The van der Waals surface area contributed by atoms with Gasteiger partial charge in [-0.2, -0.15) is 31.6 Å². The van der Waals surface area contributed by atoms with E-state index in [1.807, 2.05) is 152 Å². The van der Waals surface area contributed by atoms with E-state index >= 15 is 0 Å². The molecule has 0 amide bonds. The highest BCUT2D eigenvalue weighted by atomic mass is 14.3. The average Bonchev–Trinajstić information content (AvgIpc) is 3.26. The van der Waals surface area contributed by atoms with E-state index in [9.17, 15) is 31.6 Å². The smallest absolute Gasteiger partial charge is 0.0998 e. The zero-order chi connectivity index (χ0) is 45.4. The van der Waals surface area contributed by atoms with Crippen molar-refractivity contribution < 1.29 is 0 Å². The van der Waals surface area contributed by atoms with Crippen molar-refractivity contribution in [2.24, 2.45) is 0 Å². The molecule has 0 fully saturated rings. The second-order valence-electron chi connectivity index (χ2n) is 15.5. The van der Waals surface area contributed by atoms with Gasteiger partial charge in [0.25, 0.3) is 0 Å². The summed E-state index contributed by atoms with van der Waals surface area (Å²) >= 11 is 0. The van der Waals surface area contributed by atoms with Crippen molar-refractivity contribution >= 4 is 57.7 Å². The molecule has 0 unspecified atom stereocenters. The summed E-state index contributed by atoms with van der Waals surface area (Å²) in [7, 11) is 0. The Kier molecular flexibility index (Phi) is 13.7. The predicted octanol–water partition coefficient (Wildman–Crippen LogP) is 13.5. The number of hydrogen-bond donors (Lipinski definition) is 0. The van der Waals surface area contributed by atoms with Crippen LogP contribution < -0.4 is 0 Å². The summed E-state index contributed by atoms with van der Waals surface area (Å²) in [5, 5.41) is 59.6. The quantitative estimate of drug-likeness (QED) is 0.102. The molecule has 0 heterocycles. The van der Waals surface area contributed by atoms with Gasteiger partial charge >= 0.3 is 0 Å². The molecule has 6 nitrogen and oxygen atoms in total. The van der Waals surface area contributed by atoms with Gasteiger partial charge in [-0.05, 0) is 204 Å². The second kappa shape index (κ2) is 19.0. The van der Waals surface area contributed by atoms with Crippen molar-refractivity contribution in [2.45, 2.75) is 55.4 Å². The maximum Gasteiger partial charge on any atom is 0.0998 e. The van der Waals surface area contributed by atoms with E-state index in [4.69, 9.17) is 0 Å². The Morgan fingerprint density at radius 2 is 0.581 bits per heavy atom. The molecule has 0 N–H and O–H groups in total. The van der Waals surface area contributed by atoms with Crippen LogP contribution in [0.5, 0.6) is 0 Å². The molecule has 298 valence electrons. The first kappa shape index (κ1) is 44.6. The van der Waals surface area contributed by atoms with Crippen LogP contribution in [-0.2, 0) is 0 Å². The monoisotopic (exact) mass is 800 g/mol. The molecule has 0 bridgehead atoms. The molecular weight excluding hydrogens is 757 g/mol. The Morgan fingerprint density at radius 1 is 0.339 bits per heavy atom. The fourth-order valence-electron chi connectivity index (χ4n) is 7.48. The molecule has 0 radical (unpaired) electrons.